The molecule has 0 bridgehead atoms. The van der Waals surface area contributed by atoms with Crippen molar-refractivity contribution in [2.45, 2.75) is 17.5 Å². The lowest BCUT2D eigenvalue weighted by Crippen LogP contribution is -2.47. The number of benzene rings is 1. The first-order valence-electron chi connectivity index (χ1n) is 8.57. The highest BCUT2D eigenvalue weighted by atomic mass is 32.2. The van der Waals surface area contributed by atoms with Gasteiger partial charge in [-0.3, -0.25) is 4.79 Å². The number of hydrogen-bond acceptors (Lipinski definition) is 7. The smallest absolute Gasteiger partial charge is 0.247 e. The molecule has 1 N–H and O–H groups in total. The van der Waals surface area contributed by atoms with Crippen LogP contribution in [-0.4, -0.2) is 41.3 Å². The van der Waals surface area contributed by atoms with E-state index in [1.165, 1.54) is 41.3 Å². The van der Waals surface area contributed by atoms with Gasteiger partial charge in [0.05, 0.1) is 23.0 Å². The first-order valence-corrected chi connectivity index (χ1v) is 12.9. The zero-order valence-electron chi connectivity index (χ0n) is 14.9. The number of hydrogen-bond donors (Lipinski definition) is 1. The highest BCUT2D eigenvalue weighted by molar-refractivity contribution is 8.00. The van der Waals surface area contributed by atoms with E-state index in [9.17, 15) is 17.6 Å². The largest absolute Gasteiger partial charge is 0.349 e. The molecule has 1 aliphatic heterocycles. The molecule has 4 rings (SSSR count). The zero-order chi connectivity index (χ0) is 20.4. The third-order valence-corrected chi connectivity index (χ3v) is 9.29. The van der Waals surface area contributed by atoms with Gasteiger partial charge in [-0.25, -0.2) is 17.8 Å². The lowest BCUT2D eigenvalue weighted by Gasteiger charge is -2.22. The van der Waals surface area contributed by atoms with Gasteiger partial charge >= 0.3 is 0 Å². The van der Waals surface area contributed by atoms with Crippen molar-refractivity contribution in [2.75, 3.05) is 11.6 Å². The van der Waals surface area contributed by atoms with Crippen molar-refractivity contribution in [3.8, 4) is 9.88 Å². The predicted molar refractivity (Wildman–Crippen MR) is 114 cm³/mol. The second-order valence-corrected chi connectivity index (χ2v) is 10.8. The van der Waals surface area contributed by atoms with Gasteiger partial charge < -0.3 is 5.32 Å². The van der Waals surface area contributed by atoms with Crippen LogP contribution < -0.4 is 5.32 Å². The first-order chi connectivity index (χ1) is 14.0. The molecular formula is C18H16FN3O3S4. The fourth-order valence-electron chi connectivity index (χ4n) is 2.85. The highest BCUT2D eigenvalue weighted by Gasteiger charge is 2.40. The third kappa shape index (κ3) is 4.24. The van der Waals surface area contributed by atoms with Crippen LogP contribution in [0.3, 0.4) is 0 Å². The normalized spacial score (nSPS) is 17.5. The lowest BCUT2D eigenvalue weighted by atomic mass is 10.3. The first kappa shape index (κ1) is 20.5. The minimum atomic E-state index is -4.11. The summed E-state index contributed by atoms with van der Waals surface area (Å²) in [5.74, 6) is -0.821. The summed E-state index contributed by atoms with van der Waals surface area (Å²) in [5.41, 5.74) is 0.709. The summed E-state index contributed by atoms with van der Waals surface area (Å²) >= 11 is 4.40. The molecule has 0 aliphatic carbocycles. The SMILES string of the molecule is O=C(NCc1csc(-c2cccs2)n1)C1CSCN1S(=O)(=O)c1ccccc1F. The van der Waals surface area contributed by atoms with Gasteiger partial charge in [0.2, 0.25) is 15.9 Å². The fourth-order valence-corrected chi connectivity index (χ4v) is 7.70. The number of carbonyl (C=O) groups is 1. The maximum Gasteiger partial charge on any atom is 0.247 e. The van der Waals surface area contributed by atoms with Gasteiger partial charge in [-0.05, 0) is 23.6 Å². The van der Waals surface area contributed by atoms with Crippen LogP contribution in [0.1, 0.15) is 5.69 Å². The Balaban J connectivity index is 1.45. The molecule has 6 nitrogen and oxygen atoms in total. The Hall–Kier alpha value is -1.79. The molecular weight excluding hydrogens is 453 g/mol. The van der Waals surface area contributed by atoms with Crippen LogP contribution in [0.25, 0.3) is 9.88 Å². The van der Waals surface area contributed by atoms with Crippen molar-refractivity contribution in [3.63, 3.8) is 0 Å². The van der Waals surface area contributed by atoms with Gasteiger partial charge in [-0.2, -0.15) is 4.31 Å². The zero-order valence-corrected chi connectivity index (χ0v) is 18.2. The maximum absolute atomic E-state index is 14.0. The topological polar surface area (TPSA) is 79.4 Å². The number of carbonyl (C=O) groups excluding carboxylic acids is 1. The molecule has 0 radical (unpaired) electrons. The van der Waals surface area contributed by atoms with Gasteiger partial charge in [0.25, 0.3) is 0 Å². The quantitative estimate of drug-likeness (QED) is 0.599. The van der Waals surface area contributed by atoms with Crippen molar-refractivity contribution >= 4 is 50.4 Å². The molecule has 1 atom stereocenters. The monoisotopic (exact) mass is 469 g/mol. The summed E-state index contributed by atoms with van der Waals surface area (Å²) in [7, 11) is -4.11. The molecule has 29 heavy (non-hydrogen) atoms. The van der Waals surface area contributed by atoms with Crippen molar-refractivity contribution in [1.82, 2.24) is 14.6 Å². The van der Waals surface area contributed by atoms with E-state index in [0.717, 1.165) is 20.3 Å². The van der Waals surface area contributed by atoms with Crippen LogP contribution in [0.4, 0.5) is 4.39 Å². The molecule has 1 unspecified atom stereocenters. The second kappa shape index (κ2) is 8.52. The van der Waals surface area contributed by atoms with Gasteiger partial charge in [0.15, 0.2) is 0 Å². The van der Waals surface area contributed by atoms with E-state index in [0.29, 0.717) is 11.4 Å². The Morgan fingerprint density at radius 2 is 2.07 bits per heavy atom. The summed E-state index contributed by atoms with van der Waals surface area (Å²) in [6, 6.07) is 8.23. The Bertz CT molecular complexity index is 1120. The number of halogens is 1. The third-order valence-electron chi connectivity index (χ3n) is 4.30. The Kier molecular flexibility index (Phi) is 6.02. The summed E-state index contributed by atoms with van der Waals surface area (Å²) in [6.07, 6.45) is 0. The molecule has 0 spiro atoms. The highest BCUT2D eigenvalue weighted by Crippen LogP contribution is 2.30. The Morgan fingerprint density at radius 3 is 2.83 bits per heavy atom. The molecule has 1 fully saturated rings. The van der Waals surface area contributed by atoms with E-state index in [2.05, 4.69) is 10.3 Å². The number of nitrogens with zero attached hydrogens (tertiary/aromatic N) is 2. The van der Waals surface area contributed by atoms with Crippen LogP contribution in [-0.2, 0) is 21.4 Å². The van der Waals surface area contributed by atoms with E-state index in [1.54, 1.807) is 11.3 Å². The van der Waals surface area contributed by atoms with E-state index < -0.39 is 32.7 Å². The number of amides is 1. The Morgan fingerprint density at radius 1 is 1.24 bits per heavy atom. The van der Waals surface area contributed by atoms with E-state index >= 15 is 0 Å². The minimum Gasteiger partial charge on any atom is -0.349 e. The molecule has 1 saturated heterocycles. The number of aromatic nitrogens is 1. The van der Waals surface area contributed by atoms with Crippen LogP contribution in [0.15, 0.2) is 52.1 Å². The predicted octanol–water partition coefficient (Wildman–Crippen LogP) is 3.39. The molecule has 1 amide bonds. The van der Waals surface area contributed by atoms with Gasteiger partial charge in [0.1, 0.15) is 21.8 Å². The van der Waals surface area contributed by atoms with E-state index in [4.69, 9.17) is 0 Å². The van der Waals surface area contributed by atoms with Crippen LogP contribution in [0.5, 0.6) is 0 Å². The molecule has 1 aliphatic rings. The molecule has 2 aromatic heterocycles. The number of nitrogens with one attached hydrogen (secondary N) is 1. The Labute approximate surface area is 179 Å². The number of thiazole rings is 1. The van der Waals surface area contributed by atoms with Gasteiger partial charge in [-0.1, -0.05) is 18.2 Å². The van der Waals surface area contributed by atoms with Crippen LogP contribution in [0.2, 0.25) is 0 Å². The summed E-state index contributed by atoms with van der Waals surface area (Å²) in [4.78, 5) is 17.8. The fraction of sp³-hybridized carbons (Fsp3) is 0.222. The summed E-state index contributed by atoms with van der Waals surface area (Å²) < 4.78 is 40.8. The average Bonchev–Trinajstić information content (AvgIpc) is 3.47. The molecule has 0 saturated carbocycles. The van der Waals surface area contributed by atoms with Gasteiger partial charge in [-0.15, -0.1) is 34.4 Å². The van der Waals surface area contributed by atoms with Crippen molar-refractivity contribution in [1.29, 1.82) is 0 Å². The van der Waals surface area contributed by atoms with Crippen molar-refractivity contribution in [3.05, 3.63) is 58.7 Å². The number of thioether (sulfide) groups is 1. The van der Waals surface area contributed by atoms with Crippen molar-refractivity contribution in [2.24, 2.45) is 0 Å². The average molecular weight is 470 g/mol. The van der Waals surface area contributed by atoms with Gasteiger partial charge in [0, 0.05) is 11.1 Å². The van der Waals surface area contributed by atoms with Crippen LogP contribution in [0, 0.1) is 5.82 Å². The number of thiophene rings is 1. The van der Waals surface area contributed by atoms with E-state index in [-0.39, 0.29) is 12.4 Å². The molecule has 11 heteroatoms. The maximum atomic E-state index is 14.0. The number of sulfonamides is 1. The molecule has 3 aromatic rings. The summed E-state index contributed by atoms with van der Waals surface area (Å²) in [5, 5.41) is 7.48. The minimum absolute atomic E-state index is 0.105. The molecule has 1 aromatic carbocycles. The standard InChI is InChI=1S/C18H16FN3O3S4/c19-13-4-1-2-6-16(13)29(24,25)22-11-26-10-14(22)17(23)20-8-12-9-28-18(21-12)15-5-3-7-27-15/h1-7,9,14H,8,10-11H2,(H,20,23). The van der Waals surface area contributed by atoms with E-state index in [1.807, 2.05) is 22.9 Å². The molecule has 3 heterocycles. The van der Waals surface area contributed by atoms with Crippen LogP contribution >= 0.6 is 34.4 Å². The second-order valence-electron chi connectivity index (χ2n) is 6.18. The molecule has 152 valence electrons. The number of rotatable bonds is 6. The lowest BCUT2D eigenvalue weighted by molar-refractivity contribution is -0.124. The summed E-state index contributed by atoms with van der Waals surface area (Å²) in [6.45, 7) is 0.204. The van der Waals surface area contributed by atoms with Crippen molar-refractivity contribution < 1.29 is 17.6 Å².